The average Bonchev–Trinajstić information content (AvgIpc) is 3.69. The average molecular weight is 597 g/mol. The number of hydrogen-bond acceptors (Lipinski definition) is 9. The normalized spacial score (nSPS) is 19.5. The summed E-state index contributed by atoms with van der Waals surface area (Å²) in [6.45, 7) is 4.43. The van der Waals surface area contributed by atoms with Crippen molar-refractivity contribution in [1.82, 2.24) is 19.2 Å². The van der Waals surface area contributed by atoms with Crippen LogP contribution in [0.15, 0.2) is 65.7 Å². The molecule has 0 atom stereocenters. The van der Waals surface area contributed by atoms with E-state index < -0.39 is 15.8 Å². The number of nitrogens with zero attached hydrogens (tertiary/aromatic N) is 4. The lowest BCUT2D eigenvalue weighted by atomic mass is 9.90. The first-order chi connectivity index (χ1) is 20.4. The Morgan fingerprint density at radius 2 is 1.57 bits per heavy atom. The van der Waals surface area contributed by atoms with Crippen molar-refractivity contribution in [1.29, 1.82) is 0 Å². The summed E-state index contributed by atoms with van der Waals surface area (Å²) >= 11 is 0. The minimum absolute atomic E-state index is 0.0985. The molecule has 1 spiro atoms. The van der Waals surface area contributed by atoms with Gasteiger partial charge in [0.25, 0.3) is 0 Å². The standard InChI is InChI=1S/C30H37FN6O4S/c31-23-3-5-24(6-4-23)33-28-13-16-32-29(35-28)34-25-7-9-27(10-8-25)42(38,39)37(20-19-36-17-1-2-18-36)26-11-14-30(15-12-26)40-21-22-41-30/h3-10,13,16,26H,1-2,11-12,14-15,17-22H2,(H2,32,33,34,35). The van der Waals surface area contributed by atoms with E-state index in [4.69, 9.17) is 9.47 Å². The van der Waals surface area contributed by atoms with Gasteiger partial charge in [0.05, 0.1) is 18.1 Å². The molecule has 1 saturated carbocycles. The maximum absolute atomic E-state index is 14.0. The molecular formula is C30H37FN6O4S. The Bertz CT molecular complexity index is 1440. The van der Waals surface area contributed by atoms with E-state index in [-0.39, 0.29) is 16.8 Å². The number of benzene rings is 2. The maximum Gasteiger partial charge on any atom is 0.243 e. The second-order valence-electron chi connectivity index (χ2n) is 11.1. The molecular weight excluding hydrogens is 559 g/mol. The molecule has 2 aliphatic heterocycles. The summed E-state index contributed by atoms with van der Waals surface area (Å²) in [5.74, 6) is 0.0282. The van der Waals surface area contributed by atoms with E-state index in [9.17, 15) is 12.8 Å². The van der Waals surface area contributed by atoms with Crippen molar-refractivity contribution in [3.8, 4) is 0 Å². The van der Waals surface area contributed by atoms with E-state index in [0.29, 0.717) is 68.6 Å². The minimum atomic E-state index is -3.73. The third kappa shape index (κ3) is 6.73. The van der Waals surface area contributed by atoms with E-state index in [0.717, 1.165) is 32.5 Å². The Balaban J connectivity index is 1.14. The second kappa shape index (κ2) is 12.6. The number of rotatable bonds is 10. The molecule has 6 rings (SSSR count). The Labute approximate surface area is 246 Å². The summed E-state index contributed by atoms with van der Waals surface area (Å²) in [5, 5.41) is 6.25. The minimum Gasteiger partial charge on any atom is -0.348 e. The summed E-state index contributed by atoms with van der Waals surface area (Å²) in [7, 11) is -3.73. The summed E-state index contributed by atoms with van der Waals surface area (Å²) in [6, 6.07) is 14.3. The molecule has 0 unspecified atom stereocenters. The van der Waals surface area contributed by atoms with Gasteiger partial charge in [0.15, 0.2) is 5.79 Å². The summed E-state index contributed by atoms with van der Waals surface area (Å²) in [5.41, 5.74) is 1.35. The van der Waals surface area contributed by atoms with Crippen molar-refractivity contribution in [2.75, 3.05) is 50.0 Å². The smallest absolute Gasteiger partial charge is 0.243 e. The molecule has 12 heteroatoms. The van der Waals surface area contributed by atoms with Crippen LogP contribution in [0.3, 0.4) is 0 Å². The topological polar surface area (TPSA) is 109 Å². The molecule has 42 heavy (non-hydrogen) atoms. The number of halogens is 1. The van der Waals surface area contributed by atoms with Crippen molar-refractivity contribution in [3.63, 3.8) is 0 Å². The largest absolute Gasteiger partial charge is 0.348 e. The first-order valence-corrected chi connectivity index (χ1v) is 16.1. The molecule has 0 bridgehead atoms. The molecule has 3 fully saturated rings. The van der Waals surface area contributed by atoms with Gasteiger partial charge >= 0.3 is 0 Å². The second-order valence-corrected chi connectivity index (χ2v) is 12.9. The van der Waals surface area contributed by atoms with Crippen LogP contribution < -0.4 is 10.6 Å². The molecule has 1 aliphatic carbocycles. The number of ether oxygens (including phenoxy) is 2. The lowest BCUT2D eigenvalue weighted by molar-refractivity contribution is -0.181. The van der Waals surface area contributed by atoms with Crippen LogP contribution in [0.1, 0.15) is 38.5 Å². The highest BCUT2D eigenvalue weighted by atomic mass is 32.2. The molecule has 2 saturated heterocycles. The summed E-state index contributed by atoms with van der Waals surface area (Å²) < 4.78 is 54.8. The van der Waals surface area contributed by atoms with Crippen molar-refractivity contribution in [2.24, 2.45) is 0 Å². The van der Waals surface area contributed by atoms with Crippen LogP contribution >= 0.6 is 0 Å². The Hall–Kier alpha value is -3.16. The monoisotopic (exact) mass is 596 g/mol. The van der Waals surface area contributed by atoms with Crippen LogP contribution in [-0.4, -0.2) is 78.8 Å². The van der Waals surface area contributed by atoms with Crippen molar-refractivity contribution in [3.05, 3.63) is 66.6 Å². The zero-order valence-corrected chi connectivity index (χ0v) is 24.4. The molecule has 0 amide bonds. The number of anilines is 4. The molecule has 2 N–H and O–H groups in total. The zero-order chi connectivity index (χ0) is 29.0. The Morgan fingerprint density at radius 1 is 0.929 bits per heavy atom. The predicted molar refractivity (Wildman–Crippen MR) is 158 cm³/mol. The van der Waals surface area contributed by atoms with Crippen LogP contribution in [0.2, 0.25) is 0 Å². The van der Waals surface area contributed by atoms with Gasteiger partial charge in [-0.2, -0.15) is 9.29 Å². The molecule has 3 heterocycles. The highest BCUT2D eigenvalue weighted by Crippen LogP contribution is 2.38. The number of likely N-dealkylation sites (tertiary alicyclic amines) is 1. The van der Waals surface area contributed by atoms with Gasteiger partial charge in [0, 0.05) is 49.5 Å². The van der Waals surface area contributed by atoms with Crippen LogP contribution in [-0.2, 0) is 19.5 Å². The third-order valence-electron chi connectivity index (χ3n) is 8.26. The Morgan fingerprint density at radius 3 is 2.26 bits per heavy atom. The predicted octanol–water partition coefficient (Wildman–Crippen LogP) is 4.88. The summed E-state index contributed by atoms with van der Waals surface area (Å²) in [6.07, 6.45) is 6.75. The first-order valence-electron chi connectivity index (χ1n) is 14.6. The lowest BCUT2D eigenvalue weighted by Gasteiger charge is -2.40. The van der Waals surface area contributed by atoms with E-state index >= 15 is 0 Å². The number of sulfonamides is 1. The highest BCUT2D eigenvalue weighted by Gasteiger charge is 2.43. The molecule has 224 valence electrons. The fourth-order valence-corrected chi connectivity index (χ4v) is 7.68. The van der Waals surface area contributed by atoms with Gasteiger partial charge in [-0.15, -0.1) is 0 Å². The van der Waals surface area contributed by atoms with Gasteiger partial charge in [-0.1, -0.05) is 0 Å². The van der Waals surface area contributed by atoms with E-state index in [1.54, 1.807) is 53.0 Å². The quantitative estimate of drug-likeness (QED) is 0.339. The van der Waals surface area contributed by atoms with Gasteiger partial charge in [-0.25, -0.2) is 17.8 Å². The fraction of sp³-hybridized carbons (Fsp3) is 0.467. The summed E-state index contributed by atoms with van der Waals surface area (Å²) in [4.78, 5) is 11.3. The van der Waals surface area contributed by atoms with E-state index in [1.165, 1.54) is 12.1 Å². The fourth-order valence-electron chi connectivity index (χ4n) is 6.01. The van der Waals surface area contributed by atoms with Gasteiger partial charge in [-0.05, 0) is 93.4 Å². The van der Waals surface area contributed by atoms with Gasteiger partial charge in [0.2, 0.25) is 16.0 Å². The number of nitrogens with one attached hydrogen (secondary N) is 2. The van der Waals surface area contributed by atoms with Crippen LogP contribution in [0.4, 0.5) is 27.5 Å². The molecule has 1 aromatic heterocycles. The van der Waals surface area contributed by atoms with Crippen LogP contribution in [0.5, 0.6) is 0 Å². The molecule has 10 nitrogen and oxygen atoms in total. The van der Waals surface area contributed by atoms with Gasteiger partial charge in [-0.3, -0.25) is 0 Å². The lowest BCUT2D eigenvalue weighted by Crippen LogP contribution is -2.48. The van der Waals surface area contributed by atoms with E-state index in [2.05, 4.69) is 25.5 Å². The molecule has 3 aliphatic rings. The third-order valence-corrected chi connectivity index (χ3v) is 10.2. The molecule has 2 aromatic carbocycles. The molecule has 0 radical (unpaired) electrons. The SMILES string of the molecule is O=S(=O)(c1ccc(Nc2nccc(Nc3ccc(F)cc3)n2)cc1)N(CCN1CCCC1)C1CCC2(CC1)OCCO2. The number of aromatic nitrogens is 2. The van der Waals surface area contributed by atoms with E-state index in [1.807, 2.05) is 0 Å². The number of hydrogen-bond donors (Lipinski definition) is 2. The van der Waals surface area contributed by atoms with Gasteiger partial charge in [0.1, 0.15) is 11.6 Å². The molecule has 3 aromatic rings. The van der Waals surface area contributed by atoms with Crippen molar-refractivity contribution in [2.45, 2.75) is 55.2 Å². The van der Waals surface area contributed by atoms with Gasteiger partial charge < -0.3 is 25.0 Å². The highest BCUT2D eigenvalue weighted by molar-refractivity contribution is 7.89. The van der Waals surface area contributed by atoms with Crippen molar-refractivity contribution < 1.29 is 22.3 Å². The zero-order valence-electron chi connectivity index (χ0n) is 23.5. The van der Waals surface area contributed by atoms with Crippen LogP contribution in [0, 0.1) is 5.82 Å². The maximum atomic E-state index is 14.0. The Kier molecular flexibility index (Phi) is 8.68. The van der Waals surface area contributed by atoms with Crippen LogP contribution in [0.25, 0.3) is 0 Å². The van der Waals surface area contributed by atoms with Crippen molar-refractivity contribution >= 4 is 33.2 Å². The first kappa shape index (κ1) is 28.9.